The second-order valence-corrected chi connectivity index (χ2v) is 6.49. The number of carbonyl (C=O) groups is 1. The molecular formula is C15H17BrN2O2. The molecule has 2 rings (SSSR count). The number of ether oxygens (including phenoxy) is 1. The van der Waals surface area contributed by atoms with Crippen LogP contribution in [0.2, 0.25) is 0 Å². The largest absolute Gasteiger partial charge is 0.442 e. The zero-order valence-electron chi connectivity index (χ0n) is 12.0. The molecule has 0 atom stereocenters. The summed E-state index contributed by atoms with van der Waals surface area (Å²) >= 11 is 3.39. The molecule has 0 N–H and O–H groups in total. The van der Waals surface area contributed by atoms with Crippen LogP contribution in [0.4, 0.5) is 4.79 Å². The van der Waals surface area contributed by atoms with Gasteiger partial charge in [-0.3, -0.25) is 0 Å². The van der Waals surface area contributed by atoms with Crippen molar-refractivity contribution in [3.8, 4) is 11.3 Å². The fourth-order valence-electron chi connectivity index (χ4n) is 1.73. The molecule has 4 nitrogen and oxygen atoms in total. The molecule has 5 heteroatoms. The average molecular weight is 337 g/mol. The Morgan fingerprint density at radius 1 is 1.25 bits per heavy atom. The summed E-state index contributed by atoms with van der Waals surface area (Å²) in [6, 6.07) is 9.65. The molecule has 0 amide bonds. The van der Waals surface area contributed by atoms with Gasteiger partial charge in [0.15, 0.2) is 0 Å². The Hall–Kier alpha value is -1.62. The van der Waals surface area contributed by atoms with Crippen molar-refractivity contribution in [3.63, 3.8) is 0 Å². The molecule has 0 bridgehead atoms. The van der Waals surface area contributed by atoms with Gasteiger partial charge >= 0.3 is 6.09 Å². The van der Waals surface area contributed by atoms with Crippen LogP contribution in [-0.2, 0) is 4.74 Å². The molecule has 1 aromatic carbocycles. The van der Waals surface area contributed by atoms with E-state index in [1.54, 1.807) is 0 Å². The molecule has 20 heavy (non-hydrogen) atoms. The van der Waals surface area contributed by atoms with E-state index in [1.165, 1.54) is 4.68 Å². The van der Waals surface area contributed by atoms with Gasteiger partial charge in [-0.25, -0.2) is 4.79 Å². The first-order chi connectivity index (χ1) is 9.26. The molecule has 0 aliphatic carbocycles. The summed E-state index contributed by atoms with van der Waals surface area (Å²) in [6.07, 6.45) is -0.460. The third-order valence-corrected chi connectivity index (χ3v) is 3.12. The van der Waals surface area contributed by atoms with Crippen molar-refractivity contribution in [1.29, 1.82) is 0 Å². The summed E-state index contributed by atoms with van der Waals surface area (Å²) in [5.74, 6) is 0. The monoisotopic (exact) mass is 336 g/mol. The summed E-state index contributed by atoms with van der Waals surface area (Å²) in [5, 5.41) is 4.32. The predicted molar refractivity (Wildman–Crippen MR) is 81.7 cm³/mol. The highest BCUT2D eigenvalue weighted by Crippen LogP contribution is 2.22. The van der Waals surface area contributed by atoms with Gasteiger partial charge in [-0.05, 0) is 45.9 Å². The zero-order valence-corrected chi connectivity index (χ0v) is 13.6. The first kappa shape index (κ1) is 14.8. The van der Waals surface area contributed by atoms with Gasteiger partial charge in [-0.15, -0.1) is 0 Å². The van der Waals surface area contributed by atoms with Crippen LogP contribution >= 0.6 is 15.9 Å². The molecule has 0 aliphatic rings. The molecule has 1 aromatic heterocycles. The second-order valence-electron chi connectivity index (χ2n) is 5.57. The minimum Gasteiger partial charge on any atom is -0.442 e. The van der Waals surface area contributed by atoms with E-state index in [4.69, 9.17) is 4.74 Å². The number of aryl methyl sites for hydroxylation is 1. The minimum atomic E-state index is -0.534. The van der Waals surface area contributed by atoms with Crippen LogP contribution in [0.5, 0.6) is 0 Å². The third kappa shape index (κ3) is 3.48. The van der Waals surface area contributed by atoms with Crippen molar-refractivity contribution in [2.24, 2.45) is 0 Å². The number of carbonyl (C=O) groups excluding carboxylic acids is 1. The van der Waals surface area contributed by atoms with Gasteiger partial charge in [0.25, 0.3) is 0 Å². The summed E-state index contributed by atoms with van der Waals surface area (Å²) in [4.78, 5) is 12.1. The minimum absolute atomic E-state index is 0.460. The van der Waals surface area contributed by atoms with Crippen molar-refractivity contribution >= 4 is 22.0 Å². The van der Waals surface area contributed by atoms with Crippen LogP contribution in [0.3, 0.4) is 0 Å². The first-order valence-electron chi connectivity index (χ1n) is 6.32. The Balaban J connectivity index is 2.30. The van der Waals surface area contributed by atoms with Gasteiger partial charge in [-0.2, -0.15) is 9.78 Å². The molecule has 0 fully saturated rings. The molecule has 0 unspecified atom stereocenters. The number of hydrogen-bond donors (Lipinski definition) is 0. The Bertz CT molecular complexity index is 624. The molecule has 0 saturated heterocycles. The lowest BCUT2D eigenvalue weighted by molar-refractivity contribution is 0.0511. The number of aromatic nitrogens is 2. The van der Waals surface area contributed by atoms with Crippen LogP contribution in [0.15, 0.2) is 34.8 Å². The summed E-state index contributed by atoms with van der Waals surface area (Å²) < 4.78 is 7.63. The lowest BCUT2D eigenvalue weighted by Crippen LogP contribution is -2.28. The van der Waals surface area contributed by atoms with Gasteiger partial charge in [0.05, 0.1) is 5.69 Å². The van der Waals surface area contributed by atoms with E-state index < -0.39 is 11.7 Å². The molecule has 1 heterocycles. The van der Waals surface area contributed by atoms with Gasteiger partial charge < -0.3 is 4.74 Å². The highest BCUT2D eigenvalue weighted by atomic mass is 79.9. The lowest BCUT2D eigenvalue weighted by atomic mass is 10.1. The highest BCUT2D eigenvalue weighted by molar-refractivity contribution is 9.10. The maximum Gasteiger partial charge on any atom is 0.435 e. The lowest BCUT2D eigenvalue weighted by Gasteiger charge is -2.19. The summed E-state index contributed by atoms with van der Waals surface area (Å²) in [6.45, 7) is 7.33. The van der Waals surface area contributed by atoms with Crippen LogP contribution in [-0.4, -0.2) is 21.5 Å². The molecule has 106 valence electrons. The molecule has 2 aromatic rings. The van der Waals surface area contributed by atoms with E-state index in [-0.39, 0.29) is 0 Å². The van der Waals surface area contributed by atoms with Crippen LogP contribution in [0.1, 0.15) is 26.5 Å². The van der Waals surface area contributed by atoms with Gasteiger partial charge in [-0.1, -0.05) is 28.1 Å². The average Bonchev–Trinajstić information content (AvgIpc) is 2.70. The zero-order chi connectivity index (χ0) is 14.9. The van der Waals surface area contributed by atoms with Crippen LogP contribution in [0.25, 0.3) is 11.3 Å². The van der Waals surface area contributed by atoms with Crippen LogP contribution < -0.4 is 0 Å². The Morgan fingerprint density at radius 2 is 1.85 bits per heavy atom. The van der Waals surface area contributed by atoms with Gasteiger partial charge in [0.2, 0.25) is 0 Å². The Labute approximate surface area is 126 Å². The molecule has 0 aliphatic heterocycles. The van der Waals surface area contributed by atoms with Crippen LogP contribution in [0, 0.1) is 6.92 Å². The standard InChI is InChI=1S/C15H17BrN2O2/c1-10-9-13(11-5-7-12(16)8-6-11)17-18(10)14(19)20-15(2,3)4/h5-9H,1-4H3. The van der Waals surface area contributed by atoms with Crippen molar-refractivity contribution in [2.75, 3.05) is 0 Å². The van der Waals surface area contributed by atoms with E-state index in [0.29, 0.717) is 0 Å². The van der Waals surface area contributed by atoms with E-state index in [2.05, 4.69) is 21.0 Å². The molecular weight excluding hydrogens is 320 g/mol. The Kier molecular flexibility index (Phi) is 3.99. The molecule has 0 spiro atoms. The van der Waals surface area contributed by atoms with E-state index in [1.807, 2.05) is 58.0 Å². The quantitative estimate of drug-likeness (QED) is 0.774. The predicted octanol–water partition coefficient (Wildman–Crippen LogP) is 4.40. The summed E-state index contributed by atoms with van der Waals surface area (Å²) in [5.41, 5.74) is 1.92. The van der Waals surface area contributed by atoms with Crippen molar-refractivity contribution in [3.05, 3.63) is 40.5 Å². The maximum absolute atomic E-state index is 12.1. The first-order valence-corrected chi connectivity index (χ1v) is 7.11. The highest BCUT2D eigenvalue weighted by Gasteiger charge is 2.20. The molecule has 0 radical (unpaired) electrons. The van der Waals surface area contributed by atoms with E-state index in [0.717, 1.165) is 21.4 Å². The smallest absolute Gasteiger partial charge is 0.435 e. The molecule has 0 saturated carbocycles. The number of hydrogen-bond acceptors (Lipinski definition) is 3. The van der Waals surface area contributed by atoms with E-state index in [9.17, 15) is 4.79 Å². The third-order valence-electron chi connectivity index (χ3n) is 2.59. The van der Waals surface area contributed by atoms with E-state index >= 15 is 0 Å². The number of rotatable bonds is 1. The van der Waals surface area contributed by atoms with Crippen molar-refractivity contribution in [1.82, 2.24) is 9.78 Å². The van der Waals surface area contributed by atoms with Gasteiger partial charge in [0, 0.05) is 15.7 Å². The number of nitrogens with zero attached hydrogens (tertiary/aromatic N) is 2. The SMILES string of the molecule is Cc1cc(-c2ccc(Br)cc2)nn1C(=O)OC(C)(C)C. The Morgan fingerprint density at radius 3 is 2.40 bits per heavy atom. The number of halogens is 1. The second kappa shape index (κ2) is 5.40. The fraction of sp³-hybridized carbons (Fsp3) is 0.333. The van der Waals surface area contributed by atoms with Crippen molar-refractivity contribution in [2.45, 2.75) is 33.3 Å². The van der Waals surface area contributed by atoms with Gasteiger partial charge in [0.1, 0.15) is 5.60 Å². The number of benzene rings is 1. The van der Waals surface area contributed by atoms with Crippen molar-refractivity contribution < 1.29 is 9.53 Å². The topological polar surface area (TPSA) is 44.1 Å². The summed E-state index contributed by atoms with van der Waals surface area (Å²) in [7, 11) is 0. The fourth-order valence-corrected chi connectivity index (χ4v) is 1.99. The maximum atomic E-state index is 12.1. The normalized spacial score (nSPS) is 11.4.